The summed E-state index contributed by atoms with van der Waals surface area (Å²) in [6.07, 6.45) is 0. The Balaban J connectivity index is 1.33. The molecule has 156 valence electrons. The summed E-state index contributed by atoms with van der Waals surface area (Å²) in [4.78, 5) is 26.0. The normalized spacial score (nSPS) is 12.3. The quantitative estimate of drug-likeness (QED) is 0.341. The summed E-state index contributed by atoms with van der Waals surface area (Å²) < 4.78 is 30.6. The molecule has 7 nitrogen and oxygen atoms in total. The van der Waals surface area contributed by atoms with Gasteiger partial charge in [-0.05, 0) is 55.5 Å². The Bertz CT molecular complexity index is 1330. The van der Waals surface area contributed by atoms with E-state index in [4.69, 9.17) is 14.2 Å². The minimum Gasteiger partial charge on any atom is -0.454 e. The number of aromatic nitrogens is 2. The summed E-state index contributed by atoms with van der Waals surface area (Å²) in [5.41, 5.74) is 1.78. The number of carbonyl (C=O) groups excluding carboxylic acids is 2. The molecule has 0 saturated heterocycles. The third-order valence-electron chi connectivity index (χ3n) is 4.85. The number of hydrogen-bond donors (Lipinski definition) is 0. The Labute approximate surface area is 179 Å². The van der Waals surface area contributed by atoms with Gasteiger partial charge in [-0.15, -0.1) is 11.3 Å². The van der Waals surface area contributed by atoms with Crippen LogP contribution in [0.1, 0.15) is 25.7 Å². The average molecular weight is 438 g/mol. The first-order valence-electron chi connectivity index (χ1n) is 9.35. The lowest BCUT2D eigenvalue weighted by Gasteiger charge is -2.04. The fourth-order valence-electron chi connectivity index (χ4n) is 3.26. The molecule has 0 fully saturated rings. The molecule has 1 aliphatic rings. The first-order valence-corrected chi connectivity index (χ1v) is 10.2. The van der Waals surface area contributed by atoms with Crippen molar-refractivity contribution in [2.75, 3.05) is 13.4 Å². The van der Waals surface area contributed by atoms with Crippen LogP contribution in [0.4, 0.5) is 4.39 Å². The van der Waals surface area contributed by atoms with E-state index in [-0.39, 0.29) is 18.4 Å². The highest BCUT2D eigenvalue weighted by Crippen LogP contribution is 2.33. The molecule has 2 aromatic carbocycles. The summed E-state index contributed by atoms with van der Waals surface area (Å²) in [6, 6.07) is 12.4. The van der Waals surface area contributed by atoms with Gasteiger partial charge in [0.25, 0.3) is 0 Å². The number of thiophene rings is 1. The topological polar surface area (TPSA) is 79.7 Å². The van der Waals surface area contributed by atoms with Crippen LogP contribution < -0.4 is 9.47 Å². The number of Topliss-reactive ketones (excluding diaryl/α,β-unsaturated/α-hetero) is 1. The Morgan fingerprint density at radius 2 is 1.90 bits per heavy atom. The number of halogens is 1. The highest BCUT2D eigenvalue weighted by molar-refractivity contribution is 7.20. The molecule has 0 saturated carbocycles. The van der Waals surface area contributed by atoms with Gasteiger partial charge in [0.2, 0.25) is 6.79 Å². The van der Waals surface area contributed by atoms with Crippen molar-refractivity contribution >= 4 is 33.3 Å². The Morgan fingerprint density at radius 3 is 2.71 bits per heavy atom. The van der Waals surface area contributed by atoms with Crippen LogP contribution >= 0.6 is 11.3 Å². The zero-order chi connectivity index (χ0) is 21.5. The Morgan fingerprint density at radius 1 is 1.13 bits per heavy atom. The van der Waals surface area contributed by atoms with Crippen molar-refractivity contribution in [2.24, 2.45) is 0 Å². The van der Waals surface area contributed by atoms with E-state index in [0.29, 0.717) is 27.6 Å². The highest BCUT2D eigenvalue weighted by Gasteiger charge is 2.20. The number of carbonyl (C=O) groups is 2. The van der Waals surface area contributed by atoms with Gasteiger partial charge in [0.05, 0.1) is 11.4 Å². The molecule has 0 spiro atoms. The lowest BCUT2D eigenvalue weighted by Crippen LogP contribution is -2.13. The summed E-state index contributed by atoms with van der Waals surface area (Å²) in [6.45, 7) is 1.55. The van der Waals surface area contributed by atoms with Crippen molar-refractivity contribution in [1.82, 2.24) is 9.78 Å². The van der Waals surface area contributed by atoms with Gasteiger partial charge < -0.3 is 14.2 Å². The predicted octanol–water partition coefficient (Wildman–Crippen LogP) is 4.30. The molecular weight excluding hydrogens is 423 g/mol. The Hall–Kier alpha value is -3.72. The number of aryl methyl sites for hydroxylation is 1. The van der Waals surface area contributed by atoms with Gasteiger partial charge in [0, 0.05) is 10.9 Å². The van der Waals surface area contributed by atoms with Gasteiger partial charge >= 0.3 is 5.97 Å². The van der Waals surface area contributed by atoms with Crippen LogP contribution in [-0.2, 0) is 4.74 Å². The second-order valence-corrected chi connectivity index (χ2v) is 7.90. The number of fused-ring (bicyclic) bond motifs is 2. The molecular formula is C22H15FN2O5S. The molecule has 0 atom stereocenters. The lowest BCUT2D eigenvalue weighted by molar-refractivity contribution is 0.0479. The summed E-state index contributed by atoms with van der Waals surface area (Å²) in [5.74, 6) is -0.222. The minimum absolute atomic E-state index is 0.114. The number of esters is 1. The number of ketones is 1. The van der Waals surface area contributed by atoms with Crippen LogP contribution in [0.5, 0.6) is 11.5 Å². The molecule has 2 aromatic heterocycles. The standard InChI is InChI=1S/C22H15FN2O5S/c1-12-16-9-20(31-21(16)25(24-12)15-5-3-14(23)4-6-15)22(27)28-10-17(26)13-2-7-18-19(8-13)30-11-29-18/h2-9H,10-11H2,1H3. The van der Waals surface area contributed by atoms with Crippen LogP contribution in [0.2, 0.25) is 0 Å². The maximum Gasteiger partial charge on any atom is 0.348 e. The maximum absolute atomic E-state index is 13.2. The maximum atomic E-state index is 13.2. The molecule has 3 heterocycles. The van der Waals surface area contributed by atoms with Crippen molar-refractivity contribution < 1.29 is 28.2 Å². The Kier molecular flexibility index (Phi) is 4.67. The second kappa shape index (κ2) is 7.51. The third kappa shape index (κ3) is 3.53. The SMILES string of the molecule is Cc1nn(-c2ccc(F)cc2)c2sc(C(=O)OCC(=O)c3ccc4c(c3)OCO4)cc12. The van der Waals surface area contributed by atoms with E-state index in [1.165, 1.54) is 23.5 Å². The summed E-state index contributed by atoms with van der Waals surface area (Å²) in [7, 11) is 0. The second-order valence-electron chi connectivity index (χ2n) is 6.87. The van der Waals surface area contributed by atoms with Gasteiger partial charge in [-0.25, -0.2) is 13.9 Å². The molecule has 0 bridgehead atoms. The van der Waals surface area contributed by atoms with E-state index >= 15 is 0 Å². The van der Waals surface area contributed by atoms with Gasteiger partial charge in [0.15, 0.2) is 23.9 Å². The number of benzene rings is 2. The fraction of sp³-hybridized carbons (Fsp3) is 0.136. The molecule has 31 heavy (non-hydrogen) atoms. The first-order chi connectivity index (χ1) is 15.0. The van der Waals surface area contributed by atoms with Crippen LogP contribution in [0, 0.1) is 12.7 Å². The first kappa shape index (κ1) is 19.3. The largest absolute Gasteiger partial charge is 0.454 e. The fourth-order valence-corrected chi connectivity index (χ4v) is 4.34. The molecule has 9 heteroatoms. The molecule has 5 rings (SSSR count). The molecule has 0 unspecified atom stereocenters. The van der Waals surface area contributed by atoms with Crippen molar-refractivity contribution in [2.45, 2.75) is 6.92 Å². The molecule has 1 aliphatic heterocycles. The van der Waals surface area contributed by atoms with Gasteiger partial charge in [-0.1, -0.05) is 0 Å². The predicted molar refractivity (Wildman–Crippen MR) is 111 cm³/mol. The number of hydrogen-bond acceptors (Lipinski definition) is 7. The van der Waals surface area contributed by atoms with E-state index in [0.717, 1.165) is 15.9 Å². The van der Waals surface area contributed by atoms with E-state index < -0.39 is 12.6 Å². The molecule has 0 amide bonds. The molecule has 0 aliphatic carbocycles. The summed E-state index contributed by atoms with van der Waals surface area (Å²) >= 11 is 1.20. The zero-order valence-corrected chi connectivity index (χ0v) is 17.1. The van der Waals surface area contributed by atoms with Crippen molar-refractivity contribution in [3.8, 4) is 17.2 Å². The van der Waals surface area contributed by atoms with Crippen LogP contribution in [0.15, 0.2) is 48.5 Å². The third-order valence-corrected chi connectivity index (χ3v) is 5.94. The van der Waals surface area contributed by atoms with Gasteiger partial charge in [0.1, 0.15) is 15.5 Å². The zero-order valence-electron chi connectivity index (χ0n) is 16.3. The lowest BCUT2D eigenvalue weighted by atomic mass is 10.1. The summed E-state index contributed by atoms with van der Waals surface area (Å²) in [5, 5.41) is 5.26. The average Bonchev–Trinajstić information content (AvgIpc) is 3.48. The van der Waals surface area contributed by atoms with Crippen molar-refractivity contribution in [3.63, 3.8) is 0 Å². The minimum atomic E-state index is -0.597. The molecule has 4 aromatic rings. The van der Waals surface area contributed by atoms with Gasteiger partial charge in [-0.3, -0.25) is 4.79 Å². The van der Waals surface area contributed by atoms with Crippen molar-refractivity contribution in [1.29, 1.82) is 0 Å². The number of rotatable bonds is 5. The van der Waals surface area contributed by atoms with Crippen LogP contribution in [-0.4, -0.2) is 34.9 Å². The molecule has 0 radical (unpaired) electrons. The van der Waals surface area contributed by atoms with Crippen molar-refractivity contribution in [3.05, 3.63) is 70.5 Å². The van der Waals surface area contributed by atoms with Gasteiger partial charge in [-0.2, -0.15) is 5.10 Å². The smallest absolute Gasteiger partial charge is 0.348 e. The van der Waals surface area contributed by atoms with E-state index in [1.807, 2.05) is 6.92 Å². The van der Waals surface area contributed by atoms with Crippen LogP contribution in [0.25, 0.3) is 15.9 Å². The number of ether oxygens (including phenoxy) is 3. The van der Waals surface area contributed by atoms with E-state index in [9.17, 15) is 14.0 Å². The number of nitrogens with zero attached hydrogens (tertiary/aromatic N) is 2. The highest BCUT2D eigenvalue weighted by atomic mass is 32.1. The molecule has 0 N–H and O–H groups in total. The monoisotopic (exact) mass is 438 g/mol. The van der Waals surface area contributed by atoms with E-state index in [2.05, 4.69) is 5.10 Å². The van der Waals surface area contributed by atoms with Crippen LogP contribution in [0.3, 0.4) is 0 Å². The van der Waals surface area contributed by atoms with E-state index in [1.54, 1.807) is 41.1 Å².